The van der Waals surface area contributed by atoms with Gasteiger partial charge in [0.15, 0.2) is 5.16 Å². The van der Waals surface area contributed by atoms with Crippen molar-refractivity contribution in [2.45, 2.75) is 17.1 Å². The molecule has 0 saturated carbocycles. The first-order valence-electron chi connectivity index (χ1n) is 6.88. The van der Waals surface area contributed by atoms with Crippen molar-refractivity contribution in [3.05, 3.63) is 71.0 Å². The van der Waals surface area contributed by atoms with Gasteiger partial charge in [0, 0.05) is 10.8 Å². The second-order valence-electron chi connectivity index (χ2n) is 4.95. The lowest BCUT2D eigenvalue weighted by atomic mass is 10.1. The molecule has 3 nitrogen and oxygen atoms in total. The molecule has 1 aromatic heterocycles. The number of benzene rings is 2. The molecule has 0 atom stereocenters. The highest BCUT2D eigenvalue weighted by atomic mass is 35.5. The van der Waals surface area contributed by atoms with Gasteiger partial charge < -0.3 is 0 Å². The van der Waals surface area contributed by atoms with Crippen LogP contribution in [0.3, 0.4) is 0 Å². The van der Waals surface area contributed by atoms with Crippen LogP contribution in [0.4, 0.5) is 13.2 Å². The number of aromatic nitrogens is 3. The van der Waals surface area contributed by atoms with Crippen LogP contribution < -0.4 is 0 Å². The van der Waals surface area contributed by atoms with Gasteiger partial charge >= 0.3 is 6.18 Å². The Bertz CT molecular complexity index is 831. The Balaban J connectivity index is 1.73. The summed E-state index contributed by atoms with van der Waals surface area (Å²) >= 11 is 7.37. The van der Waals surface area contributed by atoms with Crippen molar-refractivity contribution in [3.63, 3.8) is 0 Å². The quantitative estimate of drug-likeness (QED) is 0.590. The monoisotopic (exact) mass is 369 g/mol. The van der Waals surface area contributed by atoms with Crippen LogP contribution in [0.5, 0.6) is 0 Å². The van der Waals surface area contributed by atoms with Gasteiger partial charge in [-0.2, -0.15) is 13.2 Å². The minimum atomic E-state index is -4.32. The van der Waals surface area contributed by atoms with Crippen LogP contribution >= 0.6 is 23.4 Å². The zero-order valence-corrected chi connectivity index (χ0v) is 13.7. The molecular weight excluding hydrogens is 359 g/mol. The highest BCUT2D eigenvalue weighted by molar-refractivity contribution is 7.98. The van der Waals surface area contributed by atoms with Gasteiger partial charge in [0.05, 0.1) is 11.3 Å². The number of alkyl halides is 3. The third-order valence-electron chi connectivity index (χ3n) is 3.25. The SMILES string of the molecule is FC(F)(F)c1ccc(CSc2nncn2-c2cccc(Cl)c2)cc1. The molecule has 0 radical (unpaired) electrons. The van der Waals surface area contributed by atoms with Gasteiger partial charge in [-0.25, -0.2) is 0 Å². The van der Waals surface area contributed by atoms with E-state index >= 15 is 0 Å². The number of hydrogen-bond donors (Lipinski definition) is 0. The zero-order valence-electron chi connectivity index (χ0n) is 12.2. The molecular formula is C16H11ClF3N3S. The van der Waals surface area contributed by atoms with Crippen molar-refractivity contribution in [2.75, 3.05) is 0 Å². The molecule has 0 amide bonds. The summed E-state index contributed by atoms with van der Waals surface area (Å²) in [6, 6.07) is 12.3. The third-order valence-corrected chi connectivity index (χ3v) is 4.50. The van der Waals surface area contributed by atoms with E-state index in [1.165, 1.54) is 23.9 Å². The highest BCUT2D eigenvalue weighted by Gasteiger charge is 2.29. The fourth-order valence-corrected chi connectivity index (χ4v) is 3.13. The molecule has 0 aliphatic heterocycles. The highest BCUT2D eigenvalue weighted by Crippen LogP contribution is 2.30. The summed E-state index contributed by atoms with van der Waals surface area (Å²) in [6.07, 6.45) is -2.75. The largest absolute Gasteiger partial charge is 0.416 e. The van der Waals surface area contributed by atoms with Crippen LogP contribution in [-0.2, 0) is 11.9 Å². The van der Waals surface area contributed by atoms with Gasteiger partial charge in [-0.1, -0.05) is 41.6 Å². The van der Waals surface area contributed by atoms with Gasteiger partial charge in [-0.3, -0.25) is 4.57 Å². The molecule has 0 spiro atoms. The van der Waals surface area contributed by atoms with E-state index in [1.54, 1.807) is 23.0 Å². The molecule has 24 heavy (non-hydrogen) atoms. The molecule has 0 bridgehead atoms. The molecule has 3 aromatic rings. The average molecular weight is 370 g/mol. The van der Waals surface area contributed by atoms with Crippen molar-refractivity contribution >= 4 is 23.4 Å². The third kappa shape index (κ3) is 3.91. The Labute approximate surface area is 145 Å². The summed E-state index contributed by atoms with van der Waals surface area (Å²) < 4.78 is 39.5. The van der Waals surface area contributed by atoms with Crippen LogP contribution in [-0.4, -0.2) is 14.8 Å². The lowest BCUT2D eigenvalue weighted by molar-refractivity contribution is -0.137. The van der Waals surface area contributed by atoms with Crippen molar-refractivity contribution in [1.29, 1.82) is 0 Å². The molecule has 2 aromatic carbocycles. The van der Waals surface area contributed by atoms with Crippen molar-refractivity contribution in [1.82, 2.24) is 14.8 Å². The molecule has 124 valence electrons. The fourth-order valence-electron chi connectivity index (χ4n) is 2.06. The van der Waals surface area contributed by atoms with E-state index in [2.05, 4.69) is 10.2 Å². The van der Waals surface area contributed by atoms with E-state index in [0.29, 0.717) is 15.9 Å². The molecule has 0 fully saturated rings. The summed E-state index contributed by atoms with van der Waals surface area (Å²) in [6.45, 7) is 0. The molecule has 0 unspecified atom stereocenters. The van der Waals surface area contributed by atoms with E-state index in [-0.39, 0.29) is 0 Å². The summed E-state index contributed by atoms with van der Waals surface area (Å²) in [5, 5.41) is 9.17. The first-order chi connectivity index (χ1) is 11.4. The summed E-state index contributed by atoms with van der Waals surface area (Å²) in [5.74, 6) is 0.484. The molecule has 0 aliphatic rings. The average Bonchev–Trinajstić information content (AvgIpc) is 3.01. The fraction of sp³-hybridized carbons (Fsp3) is 0.125. The minimum absolute atomic E-state index is 0.484. The van der Waals surface area contributed by atoms with E-state index in [0.717, 1.165) is 23.4 Å². The Hall–Kier alpha value is -1.99. The predicted molar refractivity (Wildman–Crippen MR) is 87.4 cm³/mol. The van der Waals surface area contributed by atoms with Crippen LogP contribution in [0.1, 0.15) is 11.1 Å². The van der Waals surface area contributed by atoms with Gasteiger partial charge in [-0.15, -0.1) is 10.2 Å². The smallest absolute Gasteiger partial charge is 0.277 e. The Morgan fingerprint density at radius 3 is 2.50 bits per heavy atom. The normalized spacial score (nSPS) is 11.7. The number of hydrogen-bond acceptors (Lipinski definition) is 3. The van der Waals surface area contributed by atoms with E-state index in [1.807, 2.05) is 12.1 Å². The standard InChI is InChI=1S/C16H11ClF3N3S/c17-13-2-1-3-14(8-13)23-10-21-22-15(23)24-9-11-4-6-12(7-5-11)16(18,19)20/h1-8,10H,9H2. The van der Waals surface area contributed by atoms with Crippen molar-refractivity contribution in [2.24, 2.45) is 0 Å². The molecule has 0 saturated heterocycles. The topological polar surface area (TPSA) is 30.7 Å². The number of rotatable bonds is 4. The molecule has 0 aliphatic carbocycles. The van der Waals surface area contributed by atoms with E-state index in [9.17, 15) is 13.2 Å². The molecule has 1 heterocycles. The van der Waals surface area contributed by atoms with Gasteiger partial charge in [0.25, 0.3) is 0 Å². The minimum Gasteiger partial charge on any atom is -0.277 e. The number of thioether (sulfide) groups is 1. The van der Waals surface area contributed by atoms with E-state index < -0.39 is 11.7 Å². The van der Waals surface area contributed by atoms with Gasteiger partial charge in [0.2, 0.25) is 0 Å². The number of halogens is 4. The maximum atomic E-state index is 12.6. The lowest BCUT2D eigenvalue weighted by Crippen LogP contribution is -2.04. The second kappa shape index (κ2) is 6.86. The van der Waals surface area contributed by atoms with Gasteiger partial charge in [-0.05, 0) is 35.9 Å². The summed E-state index contributed by atoms with van der Waals surface area (Å²) in [7, 11) is 0. The van der Waals surface area contributed by atoms with Crippen LogP contribution in [0.15, 0.2) is 60.0 Å². The maximum absolute atomic E-state index is 12.6. The number of nitrogens with zero attached hydrogens (tertiary/aromatic N) is 3. The Morgan fingerprint density at radius 2 is 1.83 bits per heavy atom. The van der Waals surface area contributed by atoms with Crippen LogP contribution in [0, 0.1) is 0 Å². The first kappa shape index (κ1) is 16.9. The zero-order chi connectivity index (χ0) is 17.2. The van der Waals surface area contributed by atoms with Crippen LogP contribution in [0.25, 0.3) is 5.69 Å². The van der Waals surface area contributed by atoms with E-state index in [4.69, 9.17) is 11.6 Å². The van der Waals surface area contributed by atoms with Gasteiger partial charge in [0.1, 0.15) is 6.33 Å². The first-order valence-corrected chi connectivity index (χ1v) is 8.25. The molecule has 8 heteroatoms. The molecule has 3 rings (SSSR count). The van der Waals surface area contributed by atoms with Crippen molar-refractivity contribution in [3.8, 4) is 5.69 Å². The maximum Gasteiger partial charge on any atom is 0.416 e. The molecule has 0 N–H and O–H groups in total. The second-order valence-corrected chi connectivity index (χ2v) is 6.33. The van der Waals surface area contributed by atoms with Crippen molar-refractivity contribution < 1.29 is 13.2 Å². The lowest BCUT2D eigenvalue weighted by Gasteiger charge is -2.08. The predicted octanol–water partition coefficient (Wildman–Crippen LogP) is 5.23. The Kier molecular flexibility index (Phi) is 4.82. The summed E-state index contributed by atoms with van der Waals surface area (Å²) in [5.41, 5.74) is 0.939. The summed E-state index contributed by atoms with van der Waals surface area (Å²) in [4.78, 5) is 0. The van der Waals surface area contributed by atoms with Crippen LogP contribution in [0.2, 0.25) is 5.02 Å². The Morgan fingerprint density at radius 1 is 1.08 bits per heavy atom.